The predicted octanol–water partition coefficient (Wildman–Crippen LogP) is 5.37. The zero-order valence-electron chi connectivity index (χ0n) is 11.8. The zero-order chi connectivity index (χ0) is 14.1. The quantitative estimate of drug-likeness (QED) is 0.488. The third-order valence-electron chi connectivity index (χ3n) is 3.95. The van der Waals surface area contributed by atoms with E-state index in [-0.39, 0.29) is 0 Å². The van der Waals surface area contributed by atoms with E-state index >= 15 is 0 Å². The van der Waals surface area contributed by atoms with E-state index in [1.54, 1.807) is 0 Å². The zero-order valence-corrected chi connectivity index (χ0v) is 11.8. The van der Waals surface area contributed by atoms with Crippen molar-refractivity contribution in [1.29, 1.82) is 0 Å². The van der Waals surface area contributed by atoms with E-state index in [4.69, 9.17) is 4.42 Å². The molecule has 4 rings (SSSR count). The highest BCUT2D eigenvalue weighted by Gasteiger charge is 2.04. The van der Waals surface area contributed by atoms with Crippen LogP contribution >= 0.6 is 0 Å². The first-order valence-electron chi connectivity index (χ1n) is 7.34. The van der Waals surface area contributed by atoms with E-state index in [0.717, 1.165) is 24.2 Å². The van der Waals surface area contributed by atoms with E-state index in [0.29, 0.717) is 0 Å². The number of hydrogen-bond acceptors (Lipinski definition) is 1. The molecule has 1 heteroatoms. The van der Waals surface area contributed by atoms with Crippen molar-refractivity contribution in [3.05, 3.63) is 84.1 Å². The van der Waals surface area contributed by atoms with Gasteiger partial charge in [0.1, 0.15) is 11.3 Å². The number of para-hydroxylation sites is 1. The summed E-state index contributed by atoms with van der Waals surface area (Å²) in [5.41, 5.74) is 2.33. The van der Waals surface area contributed by atoms with Gasteiger partial charge in [-0.25, -0.2) is 0 Å². The minimum absolute atomic E-state index is 0.938. The van der Waals surface area contributed by atoms with Crippen molar-refractivity contribution in [2.24, 2.45) is 0 Å². The monoisotopic (exact) mass is 272 g/mol. The van der Waals surface area contributed by atoms with Crippen LogP contribution in [0.5, 0.6) is 0 Å². The van der Waals surface area contributed by atoms with Gasteiger partial charge in [0.25, 0.3) is 0 Å². The maximum Gasteiger partial charge on any atom is 0.134 e. The van der Waals surface area contributed by atoms with Gasteiger partial charge in [-0.05, 0) is 34.9 Å². The van der Waals surface area contributed by atoms with Crippen molar-refractivity contribution in [3.8, 4) is 0 Å². The molecule has 1 nitrogen and oxygen atoms in total. The highest BCUT2D eigenvalue weighted by atomic mass is 16.3. The smallest absolute Gasteiger partial charge is 0.134 e. The van der Waals surface area contributed by atoms with Crippen LogP contribution in [0.25, 0.3) is 21.7 Å². The minimum atomic E-state index is 0.938. The average Bonchev–Trinajstić information content (AvgIpc) is 2.95. The van der Waals surface area contributed by atoms with E-state index in [2.05, 4.69) is 54.6 Å². The van der Waals surface area contributed by atoms with Crippen LogP contribution in [0.3, 0.4) is 0 Å². The van der Waals surface area contributed by atoms with Crippen LogP contribution < -0.4 is 0 Å². The highest BCUT2D eigenvalue weighted by Crippen LogP contribution is 2.21. The van der Waals surface area contributed by atoms with Crippen LogP contribution in [0.4, 0.5) is 0 Å². The number of fused-ring (bicyclic) bond motifs is 2. The molecule has 0 N–H and O–H groups in total. The summed E-state index contributed by atoms with van der Waals surface area (Å²) in [4.78, 5) is 0. The first kappa shape index (κ1) is 12.2. The molecule has 0 saturated carbocycles. The van der Waals surface area contributed by atoms with Crippen LogP contribution in [0.2, 0.25) is 0 Å². The Morgan fingerprint density at radius 1 is 0.619 bits per heavy atom. The molecule has 0 spiro atoms. The van der Waals surface area contributed by atoms with Crippen LogP contribution in [-0.4, -0.2) is 0 Å². The van der Waals surface area contributed by atoms with Crippen molar-refractivity contribution < 1.29 is 4.42 Å². The first-order valence-corrected chi connectivity index (χ1v) is 7.34. The van der Waals surface area contributed by atoms with Gasteiger partial charge in [0.15, 0.2) is 0 Å². The normalized spacial score (nSPS) is 11.2. The van der Waals surface area contributed by atoms with Gasteiger partial charge in [0.05, 0.1) is 0 Å². The molecule has 0 radical (unpaired) electrons. The summed E-state index contributed by atoms with van der Waals surface area (Å²) in [6, 6.07) is 25.5. The van der Waals surface area contributed by atoms with Crippen LogP contribution in [0, 0.1) is 0 Å². The lowest BCUT2D eigenvalue weighted by Gasteiger charge is -2.02. The van der Waals surface area contributed by atoms with Gasteiger partial charge >= 0.3 is 0 Å². The standard InChI is InChI=1S/C20H16O/c1-2-6-17-13-15(9-11-16(17)5-1)10-12-19-14-18-7-3-4-8-20(18)21-19/h1-9,11,13-14H,10,12H2. The number of hydrogen-bond donors (Lipinski definition) is 0. The largest absolute Gasteiger partial charge is 0.461 e. The Morgan fingerprint density at radius 3 is 2.24 bits per heavy atom. The molecule has 1 heterocycles. The number of furan rings is 1. The Bertz CT molecular complexity index is 869. The van der Waals surface area contributed by atoms with Gasteiger partial charge < -0.3 is 4.42 Å². The molecule has 0 amide bonds. The van der Waals surface area contributed by atoms with Crippen molar-refractivity contribution in [2.45, 2.75) is 12.8 Å². The molecule has 0 atom stereocenters. The van der Waals surface area contributed by atoms with Crippen LogP contribution in [-0.2, 0) is 12.8 Å². The number of rotatable bonds is 3. The van der Waals surface area contributed by atoms with E-state index in [1.807, 2.05) is 18.2 Å². The summed E-state index contributed by atoms with van der Waals surface area (Å²) >= 11 is 0. The Labute approximate surface area is 123 Å². The van der Waals surface area contributed by atoms with Gasteiger partial charge in [-0.1, -0.05) is 60.7 Å². The molecule has 0 fully saturated rings. The van der Waals surface area contributed by atoms with Crippen LogP contribution in [0.15, 0.2) is 77.2 Å². The Morgan fingerprint density at radius 2 is 1.38 bits per heavy atom. The molecule has 0 aliphatic rings. The highest BCUT2D eigenvalue weighted by molar-refractivity contribution is 5.83. The summed E-state index contributed by atoms with van der Waals surface area (Å²) in [6.07, 6.45) is 1.94. The fourth-order valence-electron chi connectivity index (χ4n) is 2.82. The summed E-state index contributed by atoms with van der Waals surface area (Å²) < 4.78 is 5.88. The molecular formula is C20H16O. The van der Waals surface area contributed by atoms with Gasteiger partial charge in [-0.15, -0.1) is 0 Å². The van der Waals surface area contributed by atoms with Gasteiger partial charge in [-0.3, -0.25) is 0 Å². The third-order valence-corrected chi connectivity index (χ3v) is 3.95. The molecular weight excluding hydrogens is 256 g/mol. The molecule has 0 unspecified atom stereocenters. The fourth-order valence-corrected chi connectivity index (χ4v) is 2.82. The molecule has 0 aliphatic carbocycles. The average molecular weight is 272 g/mol. The lowest BCUT2D eigenvalue weighted by Crippen LogP contribution is -1.89. The molecule has 3 aromatic carbocycles. The van der Waals surface area contributed by atoms with Gasteiger partial charge in [-0.2, -0.15) is 0 Å². The summed E-state index contributed by atoms with van der Waals surface area (Å²) in [5.74, 6) is 1.06. The summed E-state index contributed by atoms with van der Waals surface area (Å²) in [7, 11) is 0. The fraction of sp³-hybridized carbons (Fsp3) is 0.100. The molecule has 0 bridgehead atoms. The molecule has 102 valence electrons. The van der Waals surface area contributed by atoms with Gasteiger partial charge in [0.2, 0.25) is 0 Å². The predicted molar refractivity (Wildman–Crippen MR) is 87.6 cm³/mol. The summed E-state index contributed by atoms with van der Waals surface area (Å²) in [5, 5.41) is 3.79. The third kappa shape index (κ3) is 2.43. The molecule has 0 aliphatic heterocycles. The second-order valence-electron chi connectivity index (χ2n) is 5.43. The maximum atomic E-state index is 5.88. The Kier molecular flexibility index (Phi) is 2.97. The molecule has 21 heavy (non-hydrogen) atoms. The topological polar surface area (TPSA) is 13.1 Å². The number of aryl methyl sites for hydroxylation is 2. The van der Waals surface area contributed by atoms with Gasteiger partial charge in [0, 0.05) is 11.8 Å². The van der Waals surface area contributed by atoms with Crippen molar-refractivity contribution in [3.63, 3.8) is 0 Å². The Hall–Kier alpha value is -2.54. The van der Waals surface area contributed by atoms with E-state index < -0.39 is 0 Å². The van der Waals surface area contributed by atoms with Crippen molar-refractivity contribution >= 4 is 21.7 Å². The first-order chi connectivity index (χ1) is 10.4. The van der Waals surface area contributed by atoms with Crippen molar-refractivity contribution in [1.82, 2.24) is 0 Å². The van der Waals surface area contributed by atoms with E-state index in [9.17, 15) is 0 Å². The second kappa shape index (κ2) is 5.10. The molecule has 4 aromatic rings. The molecule has 0 saturated heterocycles. The SMILES string of the molecule is c1ccc2cc(CCc3cc4ccccc4o3)ccc2c1. The molecule has 1 aromatic heterocycles. The van der Waals surface area contributed by atoms with E-state index in [1.165, 1.54) is 21.7 Å². The Balaban J connectivity index is 1.57. The minimum Gasteiger partial charge on any atom is -0.461 e. The maximum absolute atomic E-state index is 5.88. The number of benzene rings is 3. The summed E-state index contributed by atoms with van der Waals surface area (Å²) in [6.45, 7) is 0. The van der Waals surface area contributed by atoms with Crippen LogP contribution in [0.1, 0.15) is 11.3 Å². The second-order valence-corrected chi connectivity index (χ2v) is 5.43. The lowest BCUT2D eigenvalue weighted by molar-refractivity contribution is 0.547. The van der Waals surface area contributed by atoms with Crippen molar-refractivity contribution in [2.75, 3.05) is 0 Å². The lowest BCUT2D eigenvalue weighted by atomic mass is 10.0.